The number of para-hydroxylation sites is 1. The first-order valence-corrected chi connectivity index (χ1v) is 6.89. The van der Waals surface area contributed by atoms with E-state index in [4.69, 9.17) is 9.84 Å². The Bertz CT molecular complexity index is 394. The molecule has 1 fully saturated rings. The fraction of sp³-hybridized carbons (Fsp3) is 0.533. The average Bonchev–Trinajstić information content (AvgIpc) is 2.85. The van der Waals surface area contributed by atoms with E-state index in [1.807, 2.05) is 30.3 Å². The lowest BCUT2D eigenvalue weighted by atomic mass is 10.1. The van der Waals surface area contributed by atoms with Crippen molar-refractivity contribution in [3.05, 3.63) is 30.3 Å². The highest BCUT2D eigenvalue weighted by atomic mass is 16.5. The van der Waals surface area contributed by atoms with E-state index in [0.29, 0.717) is 12.6 Å². The first-order valence-electron chi connectivity index (χ1n) is 6.89. The van der Waals surface area contributed by atoms with Crippen LogP contribution in [0.2, 0.25) is 0 Å². The number of benzene rings is 1. The maximum atomic E-state index is 10.6. The van der Waals surface area contributed by atoms with Crippen LogP contribution in [0, 0.1) is 0 Å². The molecule has 0 radical (unpaired) electrons. The molecule has 1 heterocycles. The Hall–Kier alpha value is -1.55. The third-order valence-electron chi connectivity index (χ3n) is 3.58. The molecule has 1 saturated heterocycles. The standard InChI is InChI=1S/C15H21NO3/c17-15(18)9-8-13-5-4-10-16(13)11-12-19-14-6-2-1-3-7-14/h1-3,6-7,13H,4-5,8-12H2,(H,17,18). The zero-order chi connectivity index (χ0) is 13.5. The molecule has 1 aromatic carbocycles. The zero-order valence-electron chi connectivity index (χ0n) is 11.1. The highest BCUT2D eigenvalue weighted by molar-refractivity contribution is 5.66. The molecule has 0 aromatic heterocycles. The normalized spacial score (nSPS) is 19.5. The minimum Gasteiger partial charge on any atom is -0.492 e. The van der Waals surface area contributed by atoms with Gasteiger partial charge < -0.3 is 9.84 Å². The van der Waals surface area contributed by atoms with Gasteiger partial charge in [0.25, 0.3) is 0 Å². The van der Waals surface area contributed by atoms with E-state index < -0.39 is 5.97 Å². The van der Waals surface area contributed by atoms with Crippen molar-refractivity contribution in [1.82, 2.24) is 4.90 Å². The molecular weight excluding hydrogens is 242 g/mol. The van der Waals surface area contributed by atoms with Crippen LogP contribution in [-0.2, 0) is 4.79 Å². The number of carboxylic acid groups (broad SMARTS) is 1. The SMILES string of the molecule is O=C(O)CCC1CCCN1CCOc1ccccc1. The van der Waals surface area contributed by atoms with Crippen LogP contribution < -0.4 is 4.74 Å². The summed E-state index contributed by atoms with van der Waals surface area (Å²) in [7, 11) is 0. The first kappa shape index (κ1) is 13.9. The lowest BCUT2D eigenvalue weighted by Gasteiger charge is -2.23. The smallest absolute Gasteiger partial charge is 0.303 e. The van der Waals surface area contributed by atoms with E-state index in [0.717, 1.165) is 38.1 Å². The van der Waals surface area contributed by atoms with Gasteiger partial charge >= 0.3 is 5.97 Å². The van der Waals surface area contributed by atoms with Crippen molar-refractivity contribution in [1.29, 1.82) is 0 Å². The molecule has 2 rings (SSSR count). The van der Waals surface area contributed by atoms with Gasteiger partial charge in [-0.15, -0.1) is 0 Å². The number of hydrogen-bond donors (Lipinski definition) is 1. The van der Waals surface area contributed by atoms with Crippen molar-refractivity contribution < 1.29 is 14.6 Å². The van der Waals surface area contributed by atoms with Gasteiger partial charge in [-0.2, -0.15) is 0 Å². The number of likely N-dealkylation sites (tertiary alicyclic amines) is 1. The van der Waals surface area contributed by atoms with Crippen molar-refractivity contribution >= 4 is 5.97 Å². The fourth-order valence-corrected chi connectivity index (χ4v) is 2.60. The quantitative estimate of drug-likeness (QED) is 0.820. The molecule has 1 N–H and O–H groups in total. The van der Waals surface area contributed by atoms with Crippen molar-refractivity contribution in [2.45, 2.75) is 31.7 Å². The molecular formula is C15H21NO3. The molecule has 19 heavy (non-hydrogen) atoms. The van der Waals surface area contributed by atoms with Gasteiger partial charge in [0.05, 0.1) is 0 Å². The molecule has 0 bridgehead atoms. The van der Waals surface area contributed by atoms with Gasteiger partial charge in [-0.1, -0.05) is 18.2 Å². The van der Waals surface area contributed by atoms with Crippen LogP contribution in [0.3, 0.4) is 0 Å². The van der Waals surface area contributed by atoms with Gasteiger partial charge in [0.2, 0.25) is 0 Å². The lowest BCUT2D eigenvalue weighted by molar-refractivity contribution is -0.137. The summed E-state index contributed by atoms with van der Waals surface area (Å²) in [4.78, 5) is 13.0. The number of ether oxygens (including phenoxy) is 1. The van der Waals surface area contributed by atoms with E-state index in [1.165, 1.54) is 0 Å². The number of nitrogens with zero attached hydrogens (tertiary/aromatic N) is 1. The Labute approximate surface area is 114 Å². The van der Waals surface area contributed by atoms with Gasteiger partial charge in [0, 0.05) is 19.0 Å². The van der Waals surface area contributed by atoms with E-state index in [9.17, 15) is 4.79 Å². The minimum absolute atomic E-state index is 0.265. The van der Waals surface area contributed by atoms with Crippen LogP contribution >= 0.6 is 0 Å². The van der Waals surface area contributed by atoms with Crippen LogP contribution in [0.15, 0.2) is 30.3 Å². The van der Waals surface area contributed by atoms with E-state index in [-0.39, 0.29) is 6.42 Å². The molecule has 1 aliphatic rings. The Morgan fingerprint density at radius 1 is 1.37 bits per heavy atom. The summed E-state index contributed by atoms with van der Waals surface area (Å²) in [5, 5.41) is 8.74. The van der Waals surface area contributed by atoms with Gasteiger partial charge in [0.15, 0.2) is 0 Å². The van der Waals surface area contributed by atoms with Crippen molar-refractivity contribution in [3.63, 3.8) is 0 Å². The van der Waals surface area contributed by atoms with E-state index in [2.05, 4.69) is 4.90 Å². The van der Waals surface area contributed by atoms with Gasteiger partial charge in [-0.3, -0.25) is 9.69 Å². The summed E-state index contributed by atoms with van der Waals surface area (Å²) in [6, 6.07) is 10.2. The number of carboxylic acids is 1. The summed E-state index contributed by atoms with van der Waals surface area (Å²) >= 11 is 0. The fourth-order valence-electron chi connectivity index (χ4n) is 2.60. The molecule has 0 amide bonds. The zero-order valence-corrected chi connectivity index (χ0v) is 11.1. The molecule has 4 nitrogen and oxygen atoms in total. The maximum Gasteiger partial charge on any atom is 0.303 e. The highest BCUT2D eigenvalue weighted by Crippen LogP contribution is 2.21. The Morgan fingerprint density at radius 3 is 2.89 bits per heavy atom. The predicted molar refractivity (Wildman–Crippen MR) is 73.4 cm³/mol. The summed E-state index contributed by atoms with van der Waals surface area (Å²) in [6.07, 6.45) is 3.29. The molecule has 4 heteroatoms. The molecule has 0 spiro atoms. The summed E-state index contributed by atoms with van der Waals surface area (Å²) in [5.74, 6) is 0.191. The molecule has 1 unspecified atom stereocenters. The number of carbonyl (C=O) groups is 1. The number of rotatable bonds is 7. The molecule has 1 atom stereocenters. The van der Waals surface area contributed by atoms with Crippen LogP contribution in [0.1, 0.15) is 25.7 Å². The third-order valence-corrected chi connectivity index (χ3v) is 3.58. The van der Waals surface area contributed by atoms with Gasteiger partial charge in [-0.05, 0) is 37.9 Å². The number of aliphatic carboxylic acids is 1. The molecule has 1 aliphatic heterocycles. The maximum absolute atomic E-state index is 10.6. The van der Waals surface area contributed by atoms with E-state index in [1.54, 1.807) is 0 Å². The van der Waals surface area contributed by atoms with Crippen LogP contribution in [0.25, 0.3) is 0 Å². The first-order chi connectivity index (χ1) is 9.25. The molecule has 104 valence electrons. The summed E-state index contributed by atoms with van der Waals surface area (Å²) in [5.41, 5.74) is 0. The second-order valence-corrected chi connectivity index (χ2v) is 4.93. The van der Waals surface area contributed by atoms with Crippen molar-refractivity contribution in [2.75, 3.05) is 19.7 Å². The molecule has 0 saturated carbocycles. The van der Waals surface area contributed by atoms with E-state index >= 15 is 0 Å². The van der Waals surface area contributed by atoms with Crippen LogP contribution in [0.5, 0.6) is 5.75 Å². The van der Waals surface area contributed by atoms with Crippen LogP contribution in [0.4, 0.5) is 0 Å². The number of hydrogen-bond acceptors (Lipinski definition) is 3. The third kappa shape index (κ3) is 4.56. The lowest BCUT2D eigenvalue weighted by Crippen LogP contribution is -2.33. The molecule has 1 aromatic rings. The summed E-state index contributed by atoms with van der Waals surface area (Å²) < 4.78 is 5.68. The second kappa shape index (κ2) is 7.14. The van der Waals surface area contributed by atoms with Crippen molar-refractivity contribution in [2.24, 2.45) is 0 Å². The minimum atomic E-state index is -0.701. The van der Waals surface area contributed by atoms with Gasteiger partial charge in [0.1, 0.15) is 12.4 Å². The predicted octanol–water partition coefficient (Wildman–Crippen LogP) is 2.39. The summed E-state index contributed by atoms with van der Waals surface area (Å²) in [6.45, 7) is 2.59. The Kier molecular flexibility index (Phi) is 5.21. The average molecular weight is 263 g/mol. The largest absolute Gasteiger partial charge is 0.492 e. The topological polar surface area (TPSA) is 49.8 Å². The highest BCUT2D eigenvalue weighted by Gasteiger charge is 2.24. The monoisotopic (exact) mass is 263 g/mol. The Morgan fingerprint density at radius 2 is 2.16 bits per heavy atom. The van der Waals surface area contributed by atoms with Gasteiger partial charge in [-0.25, -0.2) is 0 Å². The Balaban J connectivity index is 1.71. The van der Waals surface area contributed by atoms with Crippen LogP contribution in [-0.4, -0.2) is 41.7 Å². The molecule has 0 aliphatic carbocycles. The second-order valence-electron chi connectivity index (χ2n) is 4.93. The van der Waals surface area contributed by atoms with Crippen molar-refractivity contribution in [3.8, 4) is 5.75 Å².